The van der Waals surface area contributed by atoms with Crippen molar-refractivity contribution in [1.82, 2.24) is 0 Å². The van der Waals surface area contributed by atoms with Crippen LogP contribution in [0.15, 0.2) is 36.4 Å². The highest BCUT2D eigenvalue weighted by Crippen LogP contribution is 2.33. The summed E-state index contributed by atoms with van der Waals surface area (Å²) in [6, 6.07) is 6.18. The molecule has 0 heterocycles. The standard InChI is InChI=1S/C16H13ClF5N/c17-12-7-9(1-4-14(12)19)2-6-15(23)10-3-5-13(18)11(8-10)16(20,21)22/h1,3-5,7-8,15H,2,6,23H2. The Hall–Kier alpha value is -1.66. The van der Waals surface area contributed by atoms with E-state index in [0.717, 1.165) is 12.1 Å². The van der Waals surface area contributed by atoms with Crippen molar-refractivity contribution < 1.29 is 22.0 Å². The van der Waals surface area contributed by atoms with Crippen molar-refractivity contribution >= 4 is 11.6 Å². The Balaban J connectivity index is 2.11. The third-order valence-corrected chi connectivity index (χ3v) is 3.74. The number of hydrogen-bond acceptors (Lipinski definition) is 1. The molecule has 7 heteroatoms. The number of halogens is 6. The molecule has 0 aromatic heterocycles. The molecule has 0 spiro atoms. The van der Waals surface area contributed by atoms with Crippen molar-refractivity contribution in [1.29, 1.82) is 0 Å². The predicted octanol–water partition coefficient (Wildman–Crippen LogP) is 5.27. The van der Waals surface area contributed by atoms with Gasteiger partial charge < -0.3 is 5.73 Å². The first-order valence-corrected chi connectivity index (χ1v) is 7.12. The number of nitrogens with two attached hydrogens (primary N) is 1. The van der Waals surface area contributed by atoms with Crippen LogP contribution in [0.25, 0.3) is 0 Å². The smallest absolute Gasteiger partial charge is 0.324 e. The lowest BCUT2D eigenvalue weighted by molar-refractivity contribution is -0.140. The summed E-state index contributed by atoms with van der Waals surface area (Å²) in [6.07, 6.45) is -4.06. The maximum atomic E-state index is 13.3. The van der Waals surface area contributed by atoms with Crippen molar-refractivity contribution in [3.63, 3.8) is 0 Å². The van der Waals surface area contributed by atoms with Crippen molar-refractivity contribution in [2.75, 3.05) is 0 Å². The topological polar surface area (TPSA) is 26.0 Å². The lowest BCUT2D eigenvalue weighted by atomic mass is 9.98. The monoisotopic (exact) mass is 349 g/mol. The summed E-state index contributed by atoms with van der Waals surface area (Å²) in [4.78, 5) is 0. The van der Waals surface area contributed by atoms with Gasteiger partial charge in [-0.05, 0) is 48.2 Å². The molecule has 0 aliphatic heterocycles. The van der Waals surface area contributed by atoms with Crippen LogP contribution in [-0.2, 0) is 12.6 Å². The van der Waals surface area contributed by atoms with Gasteiger partial charge in [0.1, 0.15) is 11.6 Å². The van der Waals surface area contributed by atoms with Gasteiger partial charge in [-0.2, -0.15) is 13.2 Å². The minimum absolute atomic E-state index is 0.0304. The molecule has 1 unspecified atom stereocenters. The highest BCUT2D eigenvalue weighted by atomic mass is 35.5. The molecule has 0 aliphatic carbocycles. The molecule has 0 fully saturated rings. The predicted molar refractivity (Wildman–Crippen MR) is 78.1 cm³/mol. The largest absolute Gasteiger partial charge is 0.419 e. The minimum atomic E-state index is -4.77. The van der Waals surface area contributed by atoms with Gasteiger partial charge in [0.15, 0.2) is 0 Å². The van der Waals surface area contributed by atoms with E-state index in [2.05, 4.69) is 0 Å². The van der Waals surface area contributed by atoms with Crippen LogP contribution in [-0.4, -0.2) is 0 Å². The molecule has 0 saturated carbocycles. The minimum Gasteiger partial charge on any atom is -0.324 e. The Morgan fingerprint density at radius 1 is 1.00 bits per heavy atom. The van der Waals surface area contributed by atoms with E-state index in [4.69, 9.17) is 17.3 Å². The summed E-state index contributed by atoms with van der Waals surface area (Å²) >= 11 is 5.66. The Morgan fingerprint density at radius 3 is 2.26 bits per heavy atom. The molecule has 0 saturated heterocycles. The third kappa shape index (κ3) is 4.42. The second-order valence-electron chi connectivity index (χ2n) is 5.13. The van der Waals surface area contributed by atoms with Gasteiger partial charge in [0.25, 0.3) is 0 Å². The molecule has 124 valence electrons. The van der Waals surface area contributed by atoms with Crippen molar-refractivity contribution in [3.8, 4) is 0 Å². The van der Waals surface area contributed by atoms with E-state index in [9.17, 15) is 22.0 Å². The average Bonchev–Trinajstić information content (AvgIpc) is 2.47. The quantitative estimate of drug-likeness (QED) is 0.748. The van der Waals surface area contributed by atoms with E-state index in [-0.39, 0.29) is 10.6 Å². The first-order chi connectivity index (χ1) is 10.7. The fourth-order valence-electron chi connectivity index (χ4n) is 2.17. The normalized spacial score (nSPS) is 13.2. The van der Waals surface area contributed by atoms with Crippen molar-refractivity contribution in [2.45, 2.75) is 25.1 Å². The molecule has 2 aromatic carbocycles. The molecule has 2 rings (SSSR count). The van der Waals surface area contributed by atoms with E-state index in [0.29, 0.717) is 18.4 Å². The van der Waals surface area contributed by atoms with Gasteiger partial charge >= 0.3 is 6.18 Å². The summed E-state index contributed by atoms with van der Waals surface area (Å²) in [5.41, 5.74) is 5.44. The molecule has 2 N–H and O–H groups in total. The first-order valence-electron chi connectivity index (χ1n) is 6.74. The van der Waals surface area contributed by atoms with Gasteiger partial charge in [0.05, 0.1) is 10.6 Å². The average molecular weight is 350 g/mol. The van der Waals surface area contributed by atoms with Crippen LogP contribution in [0.5, 0.6) is 0 Å². The number of aryl methyl sites for hydroxylation is 1. The zero-order valence-electron chi connectivity index (χ0n) is 11.8. The second kappa shape index (κ2) is 6.84. The van der Waals surface area contributed by atoms with Gasteiger partial charge in [0, 0.05) is 6.04 Å². The van der Waals surface area contributed by atoms with Crippen LogP contribution in [0.3, 0.4) is 0 Å². The molecular weight excluding hydrogens is 337 g/mol. The molecule has 0 bridgehead atoms. The number of benzene rings is 2. The maximum absolute atomic E-state index is 13.3. The summed E-state index contributed by atoms with van der Waals surface area (Å²) < 4.78 is 64.4. The number of rotatable bonds is 4. The van der Waals surface area contributed by atoms with Crippen LogP contribution in [0.4, 0.5) is 22.0 Å². The van der Waals surface area contributed by atoms with E-state index in [1.807, 2.05) is 0 Å². The highest BCUT2D eigenvalue weighted by Gasteiger charge is 2.34. The van der Waals surface area contributed by atoms with Gasteiger partial charge in [-0.3, -0.25) is 0 Å². The Morgan fingerprint density at radius 2 is 1.65 bits per heavy atom. The SMILES string of the molecule is NC(CCc1ccc(F)c(Cl)c1)c1ccc(F)c(C(F)(F)F)c1. The molecule has 1 atom stereocenters. The zero-order chi connectivity index (χ0) is 17.2. The van der Waals surface area contributed by atoms with E-state index in [1.54, 1.807) is 0 Å². The number of hydrogen-bond donors (Lipinski definition) is 1. The second-order valence-corrected chi connectivity index (χ2v) is 5.54. The van der Waals surface area contributed by atoms with Crippen molar-refractivity contribution in [2.24, 2.45) is 5.73 Å². The molecule has 0 radical (unpaired) electrons. The van der Waals surface area contributed by atoms with Crippen LogP contribution >= 0.6 is 11.6 Å². The van der Waals surface area contributed by atoms with Gasteiger partial charge in [-0.15, -0.1) is 0 Å². The highest BCUT2D eigenvalue weighted by molar-refractivity contribution is 6.30. The van der Waals surface area contributed by atoms with E-state index < -0.39 is 29.4 Å². The summed E-state index contributed by atoms with van der Waals surface area (Å²) in [5, 5.41) is -0.0304. The fourth-order valence-corrected chi connectivity index (χ4v) is 2.38. The third-order valence-electron chi connectivity index (χ3n) is 3.45. The van der Waals surface area contributed by atoms with Gasteiger partial charge in [0.2, 0.25) is 0 Å². The molecule has 2 aromatic rings. The van der Waals surface area contributed by atoms with Gasteiger partial charge in [-0.1, -0.05) is 23.7 Å². The van der Waals surface area contributed by atoms with Crippen LogP contribution in [0, 0.1) is 11.6 Å². The fraction of sp³-hybridized carbons (Fsp3) is 0.250. The van der Waals surface area contributed by atoms with Gasteiger partial charge in [-0.25, -0.2) is 8.78 Å². The molecule has 0 aliphatic rings. The van der Waals surface area contributed by atoms with Crippen molar-refractivity contribution in [3.05, 3.63) is 69.7 Å². The molecule has 1 nitrogen and oxygen atoms in total. The van der Waals surface area contributed by atoms with E-state index in [1.165, 1.54) is 24.3 Å². The summed E-state index contributed by atoms with van der Waals surface area (Å²) in [7, 11) is 0. The molecule has 0 amide bonds. The summed E-state index contributed by atoms with van der Waals surface area (Å²) in [6.45, 7) is 0. The lowest BCUT2D eigenvalue weighted by Gasteiger charge is -2.15. The first kappa shape index (κ1) is 17.7. The number of alkyl halides is 3. The summed E-state index contributed by atoms with van der Waals surface area (Å²) in [5.74, 6) is -1.88. The molecular formula is C16H13ClF5N. The van der Waals surface area contributed by atoms with Crippen LogP contribution < -0.4 is 5.73 Å². The Labute approximate surface area is 134 Å². The molecule has 23 heavy (non-hydrogen) atoms. The maximum Gasteiger partial charge on any atom is 0.419 e. The zero-order valence-corrected chi connectivity index (χ0v) is 12.6. The Kier molecular flexibility index (Phi) is 5.26. The van der Waals surface area contributed by atoms with Crippen LogP contribution in [0.1, 0.15) is 29.2 Å². The van der Waals surface area contributed by atoms with Crippen LogP contribution in [0.2, 0.25) is 5.02 Å². The van der Waals surface area contributed by atoms with E-state index >= 15 is 0 Å². The Bertz CT molecular complexity index is 699. The lowest BCUT2D eigenvalue weighted by Crippen LogP contribution is -2.14.